The summed E-state index contributed by atoms with van der Waals surface area (Å²) in [6.07, 6.45) is 1.40. The Bertz CT molecular complexity index is 385. The van der Waals surface area contributed by atoms with Crippen LogP contribution in [-0.4, -0.2) is 37.7 Å². The average molecular weight is 241 g/mol. The van der Waals surface area contributed by atoms with Gasteiger partial charge in [0.05, 0.1) is 12.2 Å². The van der Waals surface area contributed by atoms with Crippen LogP contribution in [0.25, 0.3) is 0 Å². The molecule has 1 rings (SSSR count). The van der Waals surface area contributed by atoms with Crippen LogP contribution in [0, 0.1) is 5.82 Å². The van der Waals surface area contributed by atoms with Crippen LogP contribution in [0.3, 0.4) is 0 Å². The third kappa shape index (κ3) is 3.67. The number of hydrogen-bond donors (Lipinski definition) is 2. The van der Waals surface area contributed by atoms with Crippen molar-refractivity contribution in [2.45, 2.75) is 6.92 Å². The molecule has 6 heteroatoms. The van der Waals surface area contributed by atoms with Gasteiger partial charge in [0.1, 0.15) is 0 Å². The summed E-state index contributed by atoms with van der Waals surface area (Å²) in [5.41, 5.74) is -0.0212. The summed E-state index contributed by atoms with van der Waals surface area (Å²) >= 11 is 0. The van der Waals surface area contributed by atoms with Crippen molar-refractivity contribution in [2.24, 2.45) is 0 Å². The van der Waals surface area contributed by atoms with Gasteiger partial charge in [0, 0.05) is 26.4 Å². The zero-order chi connectivity index (χ0) is 12.7. The predicted molar refractivity (Wildman–Crippen MR) is 62.6 cm³/mol. The van der Waals surface area contributed by atoms with E-state index < -0.39 is 11.7 Å². The molecule has 1 amide bonds. The lowest BCUT2D eigenvalue weighted by molar-refractivity contribution is 0.0933. The van der Waals surface area contributed by atoms with Gasteiger partial charge in [-0.05, 0) is 13.0 Å². The van der Waals surface area contributed by atoms with Gasteiger partial charge in [0.25, 0.3) is 5.91 Å². The number of carbonyl (C=O) groups excluding carboxylic acids is 1. The van der Waals surface area contributed by atoms with Gasteiger partial charge in [-0.15, -0.1) is 0 Å². The molecule has 2 N–H and O–H groups in total. The molecule has 0 bridgehead atoms. The number of ether oxygens (including phenoxy) is 1. The fourth-order valence-corrected chi connectivity index (χ4v) is 1.27. The molecule has 0 saturated heterocycles. The maximum atomic E-state index is 13.8. The Morgan fingerprint density at radius 2 is 2.35 bits per heavy atom. The van der Waals surface area contributed by atoms with Crippen molar-refractivity contribution in [3.63, 3.8) is 0 Å². The monoisotopic (exact) mass is 241 g/mol. The molecule has 0 aliphatic heterocycles. The summed E-state index contributed by atoms with van der Waals surface area (Å²) in [6, 6.07) is 1.35. The molecule has 0 spiro atoms. The maximum absolute atomic E-state index is 13.8. The minimum Gasteiger partial charge on any atom is -0.383 e. The number of aromatic nitrogens is 1. The van der Waals surface area contributed by atoms with Crippen LogP contribution in [0.15, 0.2) is 12.3 Å². The van der Waals surface area contributed by atoms with E-state index in [1.54, 1.807) is 0 Å². The van der Waals surface area contributed by atoms with Crippen LogP contribution in [0.1, 0.15) is 17.3 Å². The Morgan fingerprint density at radius 1 is 1.59 bits per heavy atom. The van der Waals surface area contributed by atoms with E-state index in [-0.39, 0.29) is 11.4 Å². The molecular formula is C11H16FN3O2. The first-order chi connectivity index (χ1) is 8.20. The lowest BCUT2D eigenvalue weighted by atomic mass is 10.2. The Morgan fingerprint density at radius 3 is 3.00 bits per heavy atom. The second-order valence-electron chi connectivity index (χ2n) is 3.30. The van der Waals surface area contributed by atoms with Crippen LogP contribution in [0.5, 0.6) is 0 Å². The number of hydrogen-bond acceptors (Lipinski definition) is 4. The van der Waals surface area contributed by atoms with E-state index in [1.807, 2.05) is 6.92 Å². The first-order valence-electron chi connectivity index (χ1n) is 5.36. The van der Waals surface area contributed by atoms with Gasteiger partial charge in [-0.2, -0.15) is 0 Å². The van der Waals surface area contributed by atoms with Crippen molar-refractivity contribution < 1.29 is 13.9 Å². The Kier molecular flexibility index (Phi) is 5.35. The number of carbonyl (C=O) groups is 1. The molecule has 0 saturated carbocycles. The highest BCUT2D eigenvalue weighted by molar-refractivity contribution is 5.95. The largest absolute Gasteiger partial charge is 0.383 e. The van der Waals surface area contributed by atoms with Crippen molar-refractivity contribution in [1.82, 2.24) is 10.3 Å². The third-order valence-electron chi connectivity index (χ3n) is 2.07. The number of rotatable bonds is 6. The summed E-state index contributed by atoms with van der Waals surface area (Å²) in [5.74, 6) is -1.02. The fraction of sp³-hybridized carbons (Fsp3) is 0.455. The maximum Gasteiger partial charge on any atom is 0.254 e. The van der Waals surface area contributed by atoms with E-state index in [4.69, 9.17) is 4.74 Å². The number of halogens is 1. The second-order valence-corrected chi connectivity index (χ2v) is 3.30. The van der Waals surface area contributed by atoms with Crippen molar-refractivity contribution in [3.05, 3.63) is 23.6 Å². The second kappa shape index (κ2) is 6.80. The minimum absolute atomic E-state index is 0.0212. The lowest BCUT2D eigenvalue weighted by Crippen LogP contribution is -2.28. The third-order valence-corrected chi connectivity index (χ3v) is 2.07. The molecule has 94 valence electrons. The quantitative estimate of drug-likeness (QED) is 0.730. The summed E-state index contributed by atoms with van der Waals surface area (Å²) in [7, 11) is 1.53. The molecule has 1 aromatic rings. The lowest BCUT2D eigenvalue weighted by Gasteiger charge is -2.08. The molecule has 1 aromatic heterocycles. The van der Waals surface area contributed by atoms with Crippen molar-refractivity contribution in [1.29, 1.82) is 0 Å². The smallest absolute Gasteiger partial charge is 0.254 e. The fourth-order valence-electron chi connectivity index (χ4n) is 1.27. The Balaban J connectivity index is 2.75. The van der Waals surface area contributed by atoms with Crippen LogP contribution in [0.2, 0.25) is 0 Å². The molecule has 0 unspecified atom stereocenters. The van der Waals surface area contributed by atoms with Gasteiger partial charge in [0.2, 0.25) is 0 Å². The highest BCUT2D eigenvalue weighted by Crippen LogP contribution is 2.14. The minimum atomic E-state index is -0.635. The van der Waals surface area contributed by atoms with Crippen LogP contribution in [0.4, 0.5) is 10.2 Å². The topological polar surface area (TPSA) is 63.2 Å². The van der Waals surface area contributed by atoms with E-state index in [1.165, 1.54) is 19.4 Å². The zero-order valence-electron chi connectivity index (χ0n) is 9.92. The van der Waals surface area contributed by atoms with E-state index in [0.29, 0.717) is 19.7 Å². The summed E-state index contributed by atoms with van der Waals surface area (Å²) in [5, 5.41) is 5.30. The van der Waals surface area contributed by atoms with Crippen molar-refractivity contribution >= 4 is 11.7 Å². The van der Waals surface area contributed by atoms with Crippen molar-refractivity contribution in [2.75, 3.05) is 32.1 Å². The van der Waals surface area contributed by atoms with Gasteiger partial charge in [-0.25, -0.2) is 9.37 Å². The molecule has 0 atom stereocenters. The molecular weight excluding hydrogens is 225 g/mol. The van der Waals surface area contributed by atoms with E-state index in [2.05, 4.69) is 15.6 Å². The van der Waals surface area contributed by atoms with Gasteiger partial charge >= 0.3 is 0 Å². The van der Waals surface area contributed by atoms with Crippen LogP contribution in [-0.2, 0) is 4.74 Å². The van der Waals surface area contributed by atoms with Crippen LogP contribution >= 0.6 is 0 Å². The number of anilines is 1. The summed E-state index contributed by atoms with van der Waals surface area (Å²) in [6.45, 7) is 3.09. The standard InChI is InChI=1S/C11H16FN3O2/c1-3-13-10-9(12)8(4-5-14-10)11(16)15-6-7-17-2/h4-5H,3,6-7H2,1-2H3,(H,13,14)(H,15,16). The molecule has 0 radical (unpaired) electrons. The number of nitrogens with zero attached hydrogens (tertiary/aromatic N) is 1. The SMILES string of the molecule is CCNc1nccc(C(=O)NCCOC)c1F. The van der Waals surface area contributed by atoms with Crippen molar-refractivity contribution in [3.8, 4) is 0 Å². The summed E-state index contributed by atoms with van der Waals surface area (Å²) < 4.78 is 18.6. The van der Waals surface area contributed by atoms with E-state index >= 15 is 0 Å². The predicted octanol–water partition coefficient (Wildman–Crippen LogP) is 1.03. The van der Waals surface area contributed by atoms with Gasteiger partial charge < -0.3 is 15.4 Å². The van der Waals surface area contributed by atoms with Gasteiger partial charge in [-0.3, -0.25) is 4.79 Å². The Hall–Kier alpha value is -1.69. The molecule has 0 fully saturated rings. The molecule has 17 heavy (non-hydrogen) atoms. The average Bonchev–Trinajstić information content (AvgIpc) is 2.32. The molecule has 0 aliphatic rings. The van der Waals surface area contributed by atoms with Gasteiger partial charge in [-0.1, -0.05) is 0 Å². The van der Waals surface area contributed by atoms with Crippen LogP contribution < -0.4 is 10.6 Å². The number of amides is 1. The molecule has 0 aromatic carbocycles. The first kappa shape index (κ1) is 13.4. The number of pyridine rings is 1. The molecule has 1 heterocycles. The molecule has 5 nitrogen and oxygen atoms in total. The summed E-state index contributed by atoms with van der Waals surface area (Å²) in [4.78, 5) is 15.5. The molecule has 0 aliphatic carbocycles. The zero-order valence-corrected chi connectivity index (χ0v) is 9.92. The Labute approximate surface area is 99.4 Å². The number of methoxy groups -OCH3 is 1. The number of nitrogens with one attached hydrogen (secondary N) is 2. The van der Waals surface area contributed by atoms with E-state index in [9.17, 15) is 9.18 Å². The van der Waals surface area contributed by atoms with Gasteiger partial charge in [0.15, 0.2) is 11.6 Å². The highest BCUT2D eigenvalue weighted by Gasteiger charge is 2.14. The first-order valence-corrected chi connectivity index (χ1v) is 5.36. The van der Waals surface area contributed by atoms with E-state index in [0.717, 1.165) is 0 Å². The normalized spacial score (nSPS) is 10.1. The highest BCUT2D eigenvalue weighted by atomic mass is 19.1.